The summed E-state index contributed by atoms with van der Waals surface area (Å²) >= 11 is 0. The number of hydrogen-bond acceptors (Lipinski definition) is 2. The summed E-state index contributed by atoms with van der Waals surface area (Å²) in [5.74, 6) is 0.772. The van der Waals surface area contributed by atoms with Crippen LogP contribution in [-0.2, 0) is 4.74 Å². The second-order valence-corrected chi connectivity index (χ2v) is 4.49. The molecule has 1 fully saturated rings. The van der Waals surface area contributed by atoms with Crippen LogP contribution < -0.4 is 0 Å². The summed E-state index contributed by atoms with van der Waals surface area (Å²) in [5, 5.41) is 10.0. The molecule has 1 N–H and O–H groups in total. The second-order valence-electron chi connectivity index (χ2n) is 4.49. The van der Waals surface area contributed by atoms with Crippen molar-refractivity contribution in [3.8, 4) is 0 Å². The molecule has 2 nitrogen and oxygen atoms in total. The zero-order valence-corrected chi connectivity index (χ0v) is 9.33. The summed E-state index contributed by atoms with van der Waals surface area (Å²) in [7, 11) is 1.71. The van der Waals surface area contributed by atoms with Gasteiger partial charge in [-0.05, 0) is 38.0 Å². The van der Waals surface area contributed by atoms with Crippen LogP contribution in [-0.4, -0.2) is 23.9 Å². The van der Waals surface area contributed by atoms with E-state index < -0.39 is 6.10 Å². The molecule has 0 aromatic heterocycles. The van der Waals surface area contributed by atoms with Crippen molar-refractivity contribution in [2.75, 3.05) is 7.11 Å². The standard InChI is InChI=1S/C12H22O2/c1-4-5-11(13)12(14-3)8-6-10(2)7-9-12/h4,10-11,13H,1,5-9H2,2-3H3. The molecule has 1 atom stereocenters. The van der Waals surface area contributed by atoms with Gasteiger partial charge in [0.15, 0.2) is 0 Å². The molecular weight excluding hydrogens is 176 g/mol. The lowest BCUT2D eigenvalue weighted by atomic mass is 9.75. The van der Waals surface area contributed by atoms with Gasteiger partial charge in [0.05, 0.1) is 11.7 Å². The van der Waals surface area contributed by atoms with Crippen LogP contribution in [0.25, 0.3) is 0 Å². The molecule has 1 rings (SSSR count). The highest BCUT2D eigenvalue weighted by Gasteiger charge is 2.39. The lowest BCUT2D eigenvalue weighted by Crippen LogP contribution is -2.46. The SMILES string of the molecule is C=CCC(O)C1(OC)CCC(C)CC1. The van der Waals surface area contributed by atoms with Gasteiger partial charge in [0.2, 0.25) is 0 Å². The van der Waals surface area contributed by atoms with E-state index in [0.717, 1.165) is 31.6 Å². The molecule has 0 aliphatic heterocycles. The number of rotatable bonds is 4. The third-order valence-corrected chi connectivity index (χ3v) is 3.52. The van der Waals surface area contributed by atoms with Crippen molar-refractivity contribution >= 4 is 0 Å². The van der Waals surface area contributed by atoms with Crippen LogP contribution >= 0.6 is 0 Å². The first kappa shape index (κ1) is 11.7. The Kier molecular flexibility index (Phi) is 4.14. The van der Waals surface area contributed by atoms with E-state index in [1.165, 1.54) is 0 Å². The van der Waals surface area contributed by atoms with Gasteiger partial charge in [0, 0.05) is 7.11 Å². The molecule has 0 aromatic rings. The fourth-order valence-corrected chi connectivity index (χ4v) is 2.30. The molecule has 82 valence electrons. The minimum Gasteiger partial charge on any atom is -0.390 e. The number of ether oxygens (including phenoxy) is 1. The van der Waals surface area contributed by atoms with Gasteiger partial charge in [-0.2, -0.15) is 0 Å². The summed E-state index contributed by atoms with van der Waals surface area (Å²) in [5.41, 5.74) is -0.305. The second kappa shape index (κ2) is 4.94. The van der Waals surface area contributed by atoms with Crippen LogP contribution in [0.2, 0.25) is 0 Å². The van der Waals surface area contributed by atoms with Gasteiger partial charge in [-0.3, -0.25) is 0 Å². The Bertz CT molecular complexity index is 181. The van der Waals surface area contributed by atoms with E-state index in [1.807, 2.05) is 0 Å². The van der Waals surface area contributed by atoms with Gasteiger partial charge < -0.3 is 9.84 Å². The first-order chi connectivity index (χ1) is 6.64. The van der Waals surface area contributed by atoms with Crippen molar-refractivity contribution in [2.24, 2.45) is 5.92 Å². The topological polar surface area (TPSA) is 29.5 Å². The molecule has 1 aliphatic carbocycles. The Morgan fingerprint density at radius 1 is 1.57 bits per heavy atom. The predicted octanol–water partition coefficient (Wildman–Crippen LogP) is 2.52. The van der Waals surface area contributed by atoms with Crippen molar-refractivity contribution < 1.29 is 9.84 Å². The Labute approximate surface area is 87.0 Å². The van der Waals surface area contributed by atoms with E-state index in [9.17, 15) is 5.11 Å². The maximum Gasteiger partial charge on any atom is 0.0939 e. The average molecular weight is 198 g/mol. The fraction of sp³-hybridized carbons (Fsp3) is 0.833. The molecule has 0 radical (unpaired) electrons. The summed E-state index contributed by atoms with van der Waals surface area (Å²) in [6, 6.07) is 0. The van der Waals surface area contributed by atoms with Gasteiger partial charge in [-0.1, -0.05) is 13.0 Å². The molecule has 2 heteroatoms. The van der Waals surface area contributed by atoms with Crippen molar-refractivity contribution in [3.63, 3.8) is 0 Å². The highest BCUT2D eigenvalue weighted by Crippen LogP contribution is 2.37. The van der Waals surface area contributed by atoms with Crippen molar-refractivity contribution in [3.05, 3.63) is 12.7 Å². The van der Waals surface area contributed by atoms with Gasteiger partial charge in [-0.15, -0.1) is 6.58 Å². The van der Waals surface area contributed by atoms with Crippen LogP contribution in [0, 0.1) is 5.92 Å². The van der Waals surface area contributed by atoms with Gasteiger partial charge in [0.25, 0.3) is 0 Å². The molecular formula is C12H22O2. The Hall–Kier alpha value is -0.340. The number of methoxy groups -OCH3 is 1. The lowest BCUT2D eigenvalue weighted by molar-refractivity contribution is -0.126. The normalized spacial score (nSPS) is 35.2. The molecule has 0 heterocycles. The van der Waals surface area contributed by atoms with Crippen LogP contribution in [0.1, 0.15) is 39.0 Å². The Morgan fingerprint density at radius 3 is 2.57 bits per heavy atom. The van der Waals surface area contributed by atoms with Gasteiger partial charge >= 0.3 is 0 Å². The molecule has 0 aromatic carbocycles. The lowest BCUT2D eigenvalue weighted by Gasteiger charge is -2.41. The molecule has 1 saturated carbocycles. The molecule has 0 amide bonds. The smallest absolute Gasteiger partial charge is 0.0939 e. The first-order valence-corrected chi connectivity index (χ1v) is 5.48. The summed E-state index contributed by atoms with van der Waals surface area (Å²) < 4.78 is 5.54. The van der Waals surface area contributed by atoms with Crippen LogP contribution in [0.4, 0.5) is 0 Å². The van der Waals surface area contributed by atoms with E-state index in [0.29, 0.717) is 6.42 Å². The zero-order chi connectivity index (χ0) is 10.6. The highest BCUT2D eigenvalue weighted by atomic mass is 16.5. The summed E-state index contributed by atoms with van der Waals surface area (Å²) in [6.45, 7) is 5.92. The molecule has 0 spiro atoms. The average Bonchev–Trinajstić information content (AvgIpc) is 2.20. The van der Waals surface area contributed by atoms with Crippen LogP contribution in [0.3, 0.4) is 0 Å². The quantitative estimate of drug-likeness (QED) is 0.703. The number of aliphatic hydroxyl groups is 1. The highest BCUT2D eigenvalue weighted by molar-refractivity contribution is 4.94. The maximum absolute atomic E-state index is 10.0. The van der Waals surface area contributed by atoms with E-state index in [2.05, 4.69) is 13.5 Å². The van der Waals surface area contributed by atoms with Crippen molar-refractivity contribution in [1.29, 1.82) is 0 Å². The van der Waals surface area contributed by atoms with Gasteiger partial charge in [0.1, 0.15) is 0 Å². The third kappa shape index (κ3) is 2.37. The molecule has 14 heavy (non-hydrogen) atoms. The maximum atomic E-state index is 10.0. The number of hydrogen-bond donors (Lipinski definition) is 1. The summed E-state index contributed by atoms with van der Waals surface area (Å²) in [6.07, 6.45) is 6.26. The predicted molar refractivity (Wildman–Crippen MR) is 58.2 cm³/mol. The minimum atomic E-state index is -0.391. The molecule has 1 aliphatic rings. The molecule has 0 saturated heterocycles. The minimum absolute atomic E-state index is 0.305. The summed E-state index contributed by atoms with van der Waals surface area (Å²) in [4.78, 5) is 0. The van der Waals surface area contributed by atoms with Crippen LogP contribution in [0.15, 0.2) is 12.7 Å². The fourth-order valence-electron chi connectivity index (χ4n) is 2.30. The van der Waals surface area contributed by atoms with E-state index in [4.69, 9.17) is 4.74 Å². The number of aliphatic hydroxyl groups excluding tert-OH is 1. The monoisotopic (exact) mass is 198 g/mol. The largest absolute Gasteiger partial charge is 0.390 e. The van der Waals surface area contributed by atoms with Crippen LogP contribution in [0.5, 0.6) is 0 Å². The third-order valence-electron chi connectivity index (χ3n) is 3.52. The molecule has 1 unspecified atom stereocenters. The first-order valence-electron chi connectivity index (χ1n) is 5.48. The Balaban J connectivity index is 2.61. The van der Waals surface area contributed by atoms with E-state index in [-0.39, 0.29) is 5.60 Å². The zero-order valence-electron chi connectivity index (χ0n) is 9.33. The van der Waals surface area contributed by atoms with Crippen molar-refractivity contribution in [1.82, 2.24) is 0 Å². The van der Waals surface area contributed by atoms with Gasteiger partial charge in [-0.25, -0.2) is 0 Å². The van der Waals surface area contributed by atoms with Crippen molar-refractivity contribution in [2.45, 2.75) is 50.7 Å². The molecule has 0 bridgehead atoms. The van der Waals surface area contributed by atoms with E-state index >= 15 is 0 Å². The Morgan fingerprint density at radius 2 is 2.14 bits per heavy atom. The van der Waals surface area contributed by atoms with E-state index in [1.54, 1.807) is 13.2 Å².